The maximum absolute atomic E-state index is 11.5. The van der Waals surface area contributed by atoms with E-state index in [-0.39, 0.29) is 30.4 Å². The van der Waals surface area contributed by atoms with E-state index in [9.17, 15) is 14.9 Å². The first-order valence-electron chi connectivity index (χ1n) is 5.91. The van der Waals surface area contributed by atoms with Crippen LogP contribution >= 0.6 is 0 Å². The second-order valence-electron chi connectivity index (χ2n) is 4.27. The average Bonchev–Trinajstić information content (AvgIpc) is 2.38. The lowest BCUT2D eigenvalue weighted by atomic mass is 9.93. The van der Waals surface area contributed by atoms with Crippen molar-refractivity contribution in [3.8, 4) is 0 Å². The van der Waals surface area contributed by atoms with E-state index < -0.39 is 16.6 Å². The average molecular weight is 283 g/mol. The number of ether oxygens (including phenoxy) is 2. The van der Waals surface area contributed by atoms with Gasteiger partial charge < -0.3 is 9.47 Å². The Morgan fingerprint density at radius 3 is 2.25 bits per heavy atom. The number of nitro groups is 1. The molecule has 0 fully saturated rings. The summed E-state index contributed by atoms with van der Waals surface area (Å²) in [6.45, 7) is 4.90. The molecule has 0 bridgehead atoms. The molecule has 8 nitrogen and oxygen atoms in total. The molecule has 0 aliphatic carbocycles. The Bertz CT molecular complexity index is 461. The van der Waals surface area contributed by atoms with Crippen molar-refractivity contribution in [1.29, 1.82) is 0 Å². The third kappa shape index (κ3) is 2.68. The number of Topliss-reactive ketones (excluding diaryl/α,β-unsaturated/α-hetero) is 1. The van der Waals surface area contributed by atoms with Gasteiger partial charge >= 0.3 is 5.54 Å². The molecule has 1 aliphatic rings. The minimum absolute atomic E-state index is 0.0294. The van der Waals surface area contributed by atoms with Crippen LogP contribution in [0.4, 0.5) is 0 Å². The summed E-state index contributed by atoms with van der Waals surface area (Å²) in [5, 5.41) is 11.5. The standard InChI is InChI=1S/C12H17N3O5/c1-5-6-12(15(17)18)10(19-3)13-9(7-8(2)16)14-11(12)20-4/h5,9H,1,6-7H2,2-4H3. The van der Waals surface area contributed by atoms with Crippen LogP contribution in [0.25, 0.3) is 0 Å². The monoisotopic (exact) mass is 283 g/mol. The second kappa shape index (κ2) is 6.27. The number of carbonyl (C=O) groups excluding carboxylic acids is 1. The van der Waals surface area contributed by atoms with Crippen molar-refractivity contribution < 1.29 is 19.2 Å². The fourth-order valence-electron chi connectivity index (χ4n) is 2.01. The SMILES string of the molecule is C=CCC1([N+](=O)[O-])C(OC)=NC(CC(C)=O)N=C1OC. The predicted molar refractivity (Wildman–Crippen MR) is 72.5 cm³/mol. The molecule has 0 atom stereocenters. The van der Waals surface area contributed by atoms with Gasteiger partial charge in [-0.1, -0.05) is 6.08 Å². The first kappa shape index (κ1) is 15.8. The molecule has 1 rings (SSSR count). The molecule has 1 aliphatic heterocycles. The van der Waals surface area contributed by atoms with Crippen LogP contribution in [0.15, 0.2) is 22.6 Å². The molecule has 0 radical (unpaired) electrons. The van der Waals surface area contributed by atoms with E-state index in [0.717, 1.165) is 0 Å². The zero-order valence-corrected chi connectivity index (χ0v) is 11.7. The molecule has 0 saturated carbocycles. The number of nitrogens with zero attached hydrogens (tertiary/aromatic N) is 3. The number of hydrogen-bond donors (Lipinski definition) is 0. The number of ketones is 1. The summed E-state index contributed by atoms with van der Waals surface area (Å²) < 4.78 is 10.1. The van der Waals surface area contributed by atoms with Crippen LogP contribution in [0.2, 0.25) is 0 Å². The summed E-state index contributed by atoms with van der Waals surface area (Å²) in [6.07, 6.45) is 0.556. The molecule has 0 amide bonds. The molecule has 110 valence electrons. The van der Waals surface area contributed by atoms with E-state index in [2.05, 4.69) is 16.6 Å². The Balaban J connectivity index is 3.35. The van der Waals surface area contributed by atoms with Crippen LogP contribution in [-0.2, 0) is 14.3 Å². The fraction of sp³-hybridized carbons (Fsp3) is 0.583. The highest BCUT2D eigenvalue weighted by Crippen LogP contribution is 2.27. The number of aliphatic imine (C=N–C) groups is 2. The molecule has 8 heteroatoms. The van der Waals surface area contributed by atoms with E-state index in [1.54, 1.807) is 0 Å². The van der Waals surface area contributed by atoms with Crippen LogP contribution in [0.1, 0.15) is 19.8 Å². The van der Waals surface area contributed by atoms with Gasteiger partial charge in [-0.15, -0.1) is 6.58 Å². The number of rotatable bonds is 5. The molecule has 0 N–H and O–H groups in total. The van der Waals surface area contributed by atoms with Crippen molar-refractivity contribution >= 4 is 17.6 Å². The van der Waals surface area contributed by atoms with Crippen molar-refractivity contribution in [2.24, 2.45) is 9.98 Å². The lowest BCUT2D eigenvalue weighted by molar-refractivity contribution is -0.530. The highest BCUT2D eigenvalue weighted by Gasteiger charge is 2.58. The van der Waals surface area contributed by atoms with Gasteiger partial charge in [0.15, 0.2) is 6.17 Å². The Labute approximate surface area is 116 Å². The Morgan fingerprint density at radius 1 is 1.45 bits per heavy atom. The molecule has 1 heterocycles. The van der Waals surface area contributed by atoms with Gasteiger partial charge in [0.05, 0.1) is 20.6 Å². The minimum Gasteiger partial charge on any atom is -0.479 e. The van der Waals surface area contributed by atoms with Gasteiger partial charge in [-0.25, -0.2) is 9.98 Å². The van der Waals surface area contributed by atoms with Crippen molar-refractivity contribution in [3.63, 3.8) is 0 Å². The van der Waals surface area contributed by atoms with Gasteiger partial charge in [0.1, 0.15) is 5.78 Å². The number of hydrogen-bond acceptors (Lipinski definition) is 7. The van der Waals surface area contributed by atoms with Crippen LogP contribution in [0.5, 0.6) is 0 Å². The Kier molecular flexibility index (Phi) is 4.95. The maximum atomic E-state index is 11.5. The fourth-order valence-corrected chi connectivity index (χ4v) is 2.01. The lowest BCUT2D eigenvalue weighted by Gasteiger charge is -2.29. The summed E-state index contributed by atoms with van der Waals surface area (Å²) >= 11 is 0. The summed E-state index contributed by atoms with van der Waals surface area (Å²) in [5.74, 6) is -0.410. The molecule has 0 saturated heterocycles. The highest BCUT2D eigenvalue weighted by atomic mass is 16.6. The van der Waals surface area contributed by atoms with Crippen molar-refractivity contribution in [2.45, 2.75) is 31.5 Å². The molecular weight excluding hydrogens is 266 g/mol. The zero-order chi connectivity index (χ0) is 15.3. The van der Waals surface area contributed by atoms with E-state index in [1.807, 2.05) is 0 Å². The molecule has 20 heavy (non-hydrogen) atoms. The van der Waals surface area contributed by atoms with Gasteiger partial charge in [0.25, 0.3) is 11.8 Å². The summed E-state index contributed by atoms with van der Waals surface area (Å²) in [4.78, 5) is 30.2. The summed E-state index contributed by atoms with van der Waals surface area (Å²) in [6, 6.07) is 0. The number of carbonyl (C=O) groups is 1. The summed E-state index contributed by atoms with van der Waals surface area (Å²) in [5.41, 5.74) is -1.82. The second-order valence-corrected chi connectivity index (χ2v) is 4.27. The van der Waals surface area contributed by atoms with Crippen LogP contribution < -0.4 is 0 Å². The molecule has 0 aromatic heterocycles. The van der Waals surface area contributed by atoms with E-state index >= 15 is 0 Å². The largest absolute Gasteiger partial charge is 0.479 e. The van der Waals surface area contributed by atoms with Gasteiger partial charge in [-0.2, -0.15) is 0 Å². The lowest BCUT2D eigenvalue weighted by Crippen LogP contribution is -2.57. The van der Waals surface area contributed by atoms with Crippen molar-refractivity contribution in [3.05, 3.63) is 22.8 Å². The Morgan fingerprint density at radius 2 is 1.95 bits per heavy atom. The first-order chi connectivity index (χ1) is 9.42. The van der Waals surface area contributed by atoms with Crippen LogP contribution in [0, 0.1) is 10.1 Å². The third-order valence-electron chi connectivity index (χ3n) is 2.85. The van der Waals surface area contributed by atoms with Gasteiger partial charge in [0, 0.05) is 11.3 Å². The zero-order valence-electron chi connectivity index (χ0n) is 11.7. The molecule has 0 spiro atoms. The van der Waals surface area contributed by atoms with Crippen molar-refractivity contribution in [1.82, 2.24) is 0 Å². The predicted octanol–water partition coefficient (Wildman–Crippen LogP) is 0.987. The van der Waals surface area contributed by atoms with Crippen molar-refractivity contribution in [2.75, 3.05) is 14.2 Å². The molecule has 0 aromatic carbocycles. The topological polar surface area (TPSA) is 103 Å². The first-order valence-corrected chi connectivity index (χ1v) is 5.91. The van der Waals surface area contributed by atoms with Crippen LogP contribution in [0.3, 0.4) is 0 Å². The quantitative estimate of drug-likeness (QED) is 0.425. The smallest absolute Gasteiger partial charge is 0.371 e. The highest BCUT2D eigenvalue weighted by molar-refractivity contribution is 6.09. The van der Waals surface area contributed by atoms with Gasteiger partial charge in [0.2, 0.25) is 0 Å². The van der Waals surface area contributed by atoms with E-state index in [1.165, 1.54) is 27.2 Å². The van der Waals surface area contributed by atoms with Gasteiger partial charge in [-0.3, -0.25) is 14.9 Å². The maximum Gasteiger partial charge on any atom is 0.371 e. The summed E-state index contributed by atoms with van der Waals surface area (Å²) in [7, 11) is 2.56. The van der Waals surface area contributed by atoms with E-state index in [0.29, 0.717) is 0 Å². The molecule has 0 aromatic rings. The third-order valence-corrected chi connectivity index (χ3v) is 2.85. The molecule has 0 unspecified atom stereocenters. The number of methoxy groups -OCH3 is 2. The Hall–Kier alpha value is -2.25. The van der Waals surface area contributed by atoms with E-state index in [4.69, 9.17) is 9.47 Å². The van der Waals surface area contributed by atoms with Crippen LogP contribution in [-0.4, -0.2) is 48.4 Å². The minimum atomic E-state index is -1.82. The van der Waals surface area contributed by atoms with Gasteiger partial charge in [-0.05, 0) is 6.92 Å². The molecular formula is C12H17N3O5. The normalized spacial score (nSPS) is 25.2.